The van der Waals surface area contributed by atoms with E-state index in [4.69, 9.17) is 16.4 Å². The Morgan fingerprint density at radius 3 is 2.63 bits per heavy atom. The number of amides is 1. The molecule has 1 aliphatic rings. The molecule has 1 amide bonds. The Hall–Kier alpha value is -2.41. The molecule has 0 unspecified atom stereocenters. The summed E-state index contributed by atoms with van der Waals surface area (Å²) in [5.41, 5.74) is 5.47. The minimum absolute atomic E-state index is 0. The van der Waals surface area contributed by atoms with Crippen molar-refractivity contribution in [2.75, 3.05) is 13.6 Å². The third-order valence-electron chi connectivity index (χ3n) is 5.84. The molecule has 0 atom stereocenters. The van der Waals surface area contributed by atoms with Crippen molar-refractivity contribution in [1.82, 2.24) is 19.7 Å². The number of carboxylic acid groups (broad SMARTS) is 1. The van der Waals surface area contributed by atoms with Crippen molar-refractivity contribution >= 4 is 46.6 Å². The number of nitrogens with two attached hydrogens (primary N) is 1. The second kappa shape index (κ2) is 13.1. The average Bonchev–Trinajstić information content (AvgIpc) is 3.51. The summed E-state index contributed by atoms with van der Waals surface area (Å²) >= 11 is 7.25. The van der Waals surface area contributed by atoms with Gasteiger partial charge in [-0.15, -0.1) is 0 Å². The van der Waals surface area contributed by atoms with Crippen molar-refractivity contribution in [3.05, 3.63) is 70.6 Å². The number of aromatic nitrogens is 3. The van der Waals surface area contributed by atoms with Gasteiger partial charge in [0.15, 0.2) is 5.82 Å². The van der Waals surface area contributed by atoms with Gasteiger partial charge in [0.05, 0.1) is 34.9 Å². The summed E-state index contributed by atoms with van der Waals surface area (Å²) in [5, 5.41) is 19.4. The van der Waals surface area contributed by atoms with Crippen LogP contribution in [0.15, 0.2) is 52.5 Å². The molecule has 0 spiro atoms. The molecular weight excluding hydrogens is 547 g/mol. The monoisotopic (exact) mass is 569 g/mol. The molecule has 1 saturated carbocycles. The molecule has 0 saturated heterocycles. The number of rotatable bonds is 8. The minimum Gasteiger partial charge on any atom is -0.545 e. The van der Waals surface area contributed by atoms with Crippen molar-refractivity contribution in [2.45, 2.75) is 35.1 Å². The van der Waals surface area contributed by atoms with Gasteiger partial charge in [0, 0.05) is 45.1 Å². The van der Waals surface area contributed by atoms with E-state index in [2.05, 4.69) is 16.1 Å². The fraction of sp³-hybridized carbons (Fsp3) is 0.240. The zero-order chi connectivity index (χ0) is 26.7. The van der Waals surface area contributed by atoms with Crippen LogP contribution in [0, 0.1) is 11.6 Å². The predicted octanol–water partition coefficient (Wildman–Crippen LogP) is 0.476. The molecule has 2 aromatic heterocycles. The Kier molecular flexibility index (Phi) is 10.4. The number of nitrogens with one attached hydrogen (secondary N) is 1. The van der Waals surface area contributed by atoms with E-state index in [0.717, 1.165) is 36.8 Å². The number of primary amides is 1. The van der Waals surface area contributed by atoms with E-state index in [-0.39, 0.29) is 51.8 Å². The number of carbonyl (C=O) groups excluding carboxylic acids is 2. The summed E-state index contributed by atoms with van der Waals surface area (Å²) in [7, 11) is 1.85. The summed E-state index contributed by atoms with van der Waals surface area (Å²) in [4.78, 5) is 20.7. The van der Waals surface area contributed by atoms with Gasteiger partial charge in [0.1, 0.15) is 5.82 Å². The van der Waals surface area contributed by atoms with Crippen LogP contribution >= 0.6 is 23.4 Å². The summed E-state index contributed by atoms with van der Waals surface area (Å²) in [6, 6.07) is 7.34. The van der Waals surface area contributed by atoms with Crippen LogP contribution in [-0.2, 0) is 11.3 Å². The van der Waals surface area contributed by atoms with Gasteiger partial charge < -0.3 is 25.5 Å². The van der Waals surface area contributed by atoms with Gasteiger partial charge in [0.25, 0.3) is 0 Å². The zero-order valence-electron chi connectivity index (χ0n) is 20.7. The molecule has 5 rings (SSSR count). The first-order valence-corrected chi connectivity index (χ1v) is 12.5. The second-order valence-electron chi connectivity index (χ2n) is 8.29. The van der Waals surface area contributed by atoms with Crippen LogP contribution in [0.5, 0.6) is 0 Å². The number of benzene rings is 2. The van der Waals surface area contributed by atoms with Crippen LogP contribution in [0.3, 0.4) is 0 Å². The van der Waals surface area contributed by atoms with Gasteiger partial charge in [-0.1, -0.05) is 35.5 Å². The van der Waals surface area contributed by atoms with Gasteiger partial charge in [-0.05, 0) is 38.1 Å². The zero-order valence-corrected chi connectivity index (χ0v) is 24.3. The maximum atomic E-state index is 15.5. The van der Waals surface area contributed by atoms with Crippen molar-refractivity contribution in [2.24, 2.45) is 5.73 Å². The quantitative estimate of drug-likeness (QED) is 0.235. The standard InChI is InChI=1S/C24H21ClF2N4O2S.CH3NO.Na/c1-28-9-10-30-12-14(11-29-30)31-21(13-5-6-13)23(16-7-8-17(25)20(27)22(16)31)34-18-4-2-3-15(19(18)26)24(32)33;2-1-3;/h2-4,7-8,11-13,28H,5-6,9-10H2,1H3,(H,32,33);1H,(H2,2,3);/q;;+1/p-1. The van der Waals surface area contributed by atoms with Gasteiger partial charge >= 0.3 is 29.6 Å². The first kappa shape index (κ1) is 30.1. The van der Waals surface area contributed by atoms with Crippen molar-refractivity contribution in [1.29, 1.82) is 0 Å². The smallest absolute Gasteiger partial charge is 0.545 e. The Morgan fingerprint density at radius 2 is 2.00 bits per heavy atom. The van der Waals surface area contributed by atoms with Crippen LogP contribution in [0.1, 0.15) is 34.8 Å². The van der Waals surface area contributed by atoms with Gasteiger partial charge in [-0.25, -0.2) is 8.78 Å². The summed E-state index contributed by atoms with van der Waals surface area (Å²) < 4.78 is 34.0. The van der Waals surface area contributed by atoms with Crippen LogP contribution in [0.4, 0.5) is 8.78 Å². The number of carbonyl (C=O) groups is 2. The number of fused-ring (bicyclic) bond motifs is 1. The van der Waals surface area contributed by atoms with E-state index in [0.29, 0.717) is 28.0 Å². The maximum Gasteiger partial charge on any atom is 1.00 e. The molecular formula is C25H23ClF2N5NaO3S. The summed E-state index contributed by atoms with van der Waals surface area (Å²) in [6.45, 7) is 1.36. The van der Waals surface area contributed by atoms with Gasteiger partial charge in [0.2, 0.25) is 6.41 Å². The van der Waals surface area contributed by atoms with E-state index in [1.807, 2.05) is 17.8 Å². The van der Waals surface area contributed by atoms with Crippen molar-refractivity contribution < 1.29 is 53.0 Å². The largest absolute Gasteiger partial charge is 1.00 e. The number of halogens is 3. The molecule has 3 N–H and O–H groups in total. The average molecular weight is 570 g/mol. The van der Waals surface area contributed by atoms with Crippen molar-refractivity contribution in [3.63, 3.8) is 0 Å². The normalized spacial score (nSPS) is 12.5. The Morgan fingerprint density at radius 1 is 1.29 bits per heavy atom. The molecule has 13 heteroatoms. The second-order valence-corrected chi connectivity index (χ2v) is 9.75. The SMILES string of the molecule is CNCCn1cc(-n2c(C3CC3)c(Sc3cccc(C(=O)[O-])c3F)c3ccc(Cl)c(F)c32)cn1.NC=O.[Na+]. The third kappa shape index (κ3) is 6.08. The number of likely N-dealkylation sites (N-methyl/N-ethyl adjacent to an activating group) is 1. The van der Waals surface area contributed by atoms with E-state index < -0.39 is 23.2 Å². The molecule has 2 heterocycles. The Bertz CT molecular complexity index is 1480. The van der Waals surface area contributed by atoms with Crippen molar-refractivity contribution in [3.8, 4) is 5.69 Å². The number of carboxylic acids is 1. The molecule has 2 aromatic carbocycles. The van der Waals surface area contributed by atoms with Crippen LogP contribution in [0.25, 0.3) is 16.6 Å². The molecule has 194 valence electrons. The predicted molar refractivity (Wildman–Crippen MR) is 135 cm³/mol. The van der Waals surface area contributed by atoms with E-state index in [1.54, 1.807) is 16.9 Å². The summed E-state index contributed by atoms with van der Waals surface area (Å²) in [6.07, 6.45) is 5.59. The number of hydrogen-bond acceptors (Lipinski definition) is 6. The van der Waals surface area contributed by atoms with Crippen LogP contribution in [0.2, 0.25) is 5.02 Å². The first-order chi connectivity index (χ1) is 17.8. The molecule has 38 heavy (non-hydrogen) atoms. The van der Waals surface area contributed by atoms with Gasteiger partial charge in [-0.3, -0.25) is 9.48 Å². The van der Waals surface area contributed by atoms with E-state index in [9.17, 15) is 14.3 Å². The summed E-state index contributed by atoms with van der Waals surface area (Å²) in [5.74, 6) is -2.87. The van der Waals surface area contributed by atoms with E-state index >= 15 is 4.39 Å². The Balaban J connectivity index is 0.000000956. The maximum absolute atomic E-state index is 15.5. The molecule has 0 bridgehead atoms. The molecule has 1 fully saturated rings. The van der Waals surface area contributed by atoms with Crippen LogP contribution < -0.4 is 45.7 Å². The number of hydrogen-bond donors (Lipinski definition) is 2. The van der Waals surface area contributed by atoms with Crippen LogP contribution in [-0.4, -0.2) is 40.3 Å². The minimum atomic E-state index is -1.59. The topological polar surface area (TPSA) is 118 Å². The molecule has 4 aromatic rings. The molecule has 1 aliphatic carbocycles. The Labute approximate surface area is 248 Å². The first-order valence-electron chi connectivity index (χ1n) is 11.3. The molecule has 0 radical (unpaired) electrons. The molecule has 0 aliphatic heterocycles. The fourth-order valence-electron chi connectivity index (χ4n) is 4.08. The number of nitrogens with zero attached hydrogens (tertiary/aromatic N) is 3. The number of aromatic carboxylic acids is 1. The van der Waals surface area contributed by atoms with Gasteiger partial charge in [-0.2, -0.15) is 5.10 Å². The molecule has 8 nitrogen and oxygen atoms in total. The fourth-order valence-corrected chi connectivity index (χ4v) is 5.43. The van der Waals surface area contributed by atoms with E-state index in [1.165, 1.54) is 24.3 Å². The third-order valence-corrected chi connectivity index (χ3v) is 7.30.